The molecule has 106 valence electrons. The maximum atomic E-state index is 6.15. The van der Waals surface area contributed by atoms with E-state index in [2.05, 4.69) is 54.9 Å². The lowest BCUT2D eigenvalue weighted by Crippen LogP contribution is -2.30. The van der Waals surface area contributed by atoms with Gasteiger partial charge in [0.1, 0.15) is 7.05 Å². The molecule has 3 aromatic rings. The third kappa shape index (κ3) is 2.74. The van der Waals surface area contributed by atoms with E-state index >= 15 is 0 Å². The quantitative estimate of drug-likeness (QED) is 0.519. The van der Waals surface area contributed by atoms with Gasteiger partial charge in [-0.05, 0) is 23.9 Å². The van der Waals surface area contributed by atoms with Crippen LogP contribution in [0.15, 0.2) is 70.3 Å². The van der Waals surface area contributed by atoms with Gasteiger partial charge in [-0.3, -0.25) is 0 Å². The number of rotatable bonds is 4. The molecule has 2 aromatic carbocycles. The topological polar surface area (TPSA) is 17.0 Å². The van der Waals surface area contributed by atoms with Gasteiger partial charge in [0.25, 0.3) is 5.69 Å². The molecule has 21 heavy (non-hydrogen) atoms. The van der Waals surface area contributed by atoms with Crippen molar-refractivity contribution in [2.45, 2.75) is 12.1 Å². The lowest BCUT2D eigenvalue weighted by molar-refractivity contribution is -0.705. The zero-order valence-corrected chi connectivity index (χ0v) is 13.1. The van der Waals surface area contributed by atoms with Gasteiger partial charge < -0.3 is 4.42 Å². The number of thioether (sulfide) groups is 1. The summed E-state index contributed by atoms with van der Waals surface area (Å²) in [6, 6.07) is 20.7. The molecular formula is C18H18NOS+. The molecule has 0 saturated heterocycles. The first-order chi connectivity index (χ1) is 10.3. The molecular weight excluding hydrogens is 278 g/mol. The van der Waals surface area contributed by atoms with E-state index in [-0.39, 0.29) is 0 Å². The summed E-state index contributed by atoms with van der Waals surface area (Å²) in [6.45, 7) is 2.14. The zero-order valence-electron chi connectivity index (χ0n) is 12.2. The van der Waals surface area contributed by atoms with Crippen molar-refractivity contribution in [2.24, 2.45) is 7.05 Å². The molecule has 0 amide bonds. The first-order valence-corrected chi connectivity index (χ1v) is 8.06. The van der Waals surface area contributed by atoms with Gasteiger partial charge in [0, 0.05) is 11.3 Å². The van der Waals surface area contributed by atoms with E-state index in [1.807, 2.05) is 24.3 Å². The molecule has 3 heteroatoms. The van der Waals surface area contributed by atoms with E-state index in [4.69, 9.17) is 4.42 Å². The maximum Gasteiger partial charge on any atom is 0.412 e. The van der Waals surface area contributed by atoms with Crippen LogP contribution in [-0.4, -0.2) is 5.75 Å². The van der Waals surface area contributed by atoms with E-state index in [0.717, 1.165) is 28.0 Å². The van der Waals surface area contributed by atoms with Gasteiger partial charge in [0.15, 0.2) is 0 Å². The molecule has 0 radical (unpaired) electrons. The Morgan fingerprint density at radius 2 is 1.48 bits per heavy atom. The van der Waals surface area contributed by atoms with Crippen molar-refractivity contribution in [2.75, 3.05) is 5.75 Å². The van der Waals surface area contributed by atoms with Crippen LogP contribution in [-0.2, 0) is 7.05 Å². The highest BCUT2D eigenvalue weighted by molar-refractivity contribution is 7.98. The van der Waals surface area contributed by atoms with Gasteiger partial charge in [-0.2, -0.15) is 4.57 Å². The van der Waals surface area contributed by atoms with Gasteiger partial charge in [0.2, 0.25) is 5.76 Å². The Kier molecular flexibility index (Phi) is 4.11. The van der Waals surface area contributed by atoms with Gasteiger partial charge in [-0.1, -0.05) is 55.5 Å². The third-order valence-corrected chi connectivity index (χ3v) is 4.26. The normalized spacial score (nSPS) is 10.8. The van der Waals surface area contributed by atoms with Crippen molar-refractivity contribution >= 4 is 11.8 Å². The number of aromatic nitrogens is 1. The number of oxazole rings is 1. The molecule has 0 aliphatic heterocycles. The summed E-state index contributed by atoms with van der Waals surface area (Å²) in [5, 5.41) is 0.940. The Morgan fingerprint density at radius 1 is 0.905 bits per heavy atom. The van der Waals surface area contributed by atoms with Crippen LogP contribution in [0.25, 0.3) is 22.6 Å². The highest BCUT2D eigenvalue weighted by Gasteiger charge is 2.27. The SMILES string of the molecule is CCSc1oc(-c2ccccc2)c(-c2ccccc2)[n+]1C. The molecule has 0 atom stereocenters. The van der Waals surface area contributed by atoms with Crippen molar-refractivity contribution in [3.8, 4) is 22.6 Å². The summed E-state index contributed by atoms with van der Waals surface area (Å²) < 4.78 is 8.30. The van der Waals surface area contributed by atoms with Crippen LogP contribution in [0.5, 0.6) is 0 Å². The van der Waals surface area contributed by atoms with Gasteiger partial charge in [0.05, 0.1) is 5.56 Å². The average Bonchev–Trinajstić information content (AvgIpc) is 2.86. The van der Waals surface area contributed by atoms with Crippen LogP contribution >= 0.6 is 11.8 Å². The molecule has 0 fully saturated rings. The first kappa shape index (κ1) is 14.0. The number of benzene rings is 2. The fraction of sp³-hybridized carbons (Fsp3) is 0.167. The second-order valence-electron chi connectivity index (χ2n) is 4.77. The highest BCUT2D eigenvalue weighted by atomic mass is 32.2. The Bertz CT molecular complexity index is 720. The summed E-state index contributed by atoms with van der Waals surface area (Å²) >= 11 is 1.72. The fourth-order valence-electron chi connectivity index (χ4n) is 2.40. The third-order valence-electron chi connectivity index (χ3n) is 3.36. The van der Waals surface area contributed by atoms with E-state index in [1.165, 1.54) is 5.56 Å². The van der Waals surface area contributed by atoms with E-state index in [9.17, 15) is 0 Å². The molecule has 1 aromatic heterocycles. The minimum atomic E-state index is 0.931. The minimum Gasteiger partial charge on any atom is -0.392 e. The van der Waals surface area contributed by atoms with Crippen LogP contribution in [0.4, 0.5) is 0 Å². The van der Waals surface area contributed by atoms with Gasteiger partial charge >= 0.3 is 5.22 Å². The Morgan fingerprint density at radius 3 is 2.05 bits per heavy atom. The van der Waals surface area contributed by atoms with Crippen LogP contribution < -0.4 is 4.57 Å². The van der Waals surface area contributed by atoms with Crippen molar-refractivity contribution in [3.63, 3.8) is 0 Å². The predicted octanol–water partition coefficient (Wildman–Crippen LogP) is 4.55. The highest BCUT2D eigenvalue weighted by Crippen LogP contribution is 2.33. The monoisotopic (exact) mass is 296 g/mol. The largest absolute Gasteiger partial charge is 0.412 e. The summed E-state index contributed by atoms with van der Waals surface area (Å²) in [7, 11) is 2.07. The lowest BCUT2D eigenvalue weighted by Gasteiger charge is -1.98. The maximum absolute atomic E-state index is 6.15. The molecule has 0 aliphatic rings. The van der Waals surface area contributed by atoms with Crippen LogP contribution in [0.3, 0.4) is 0 Å². The molecule has 0 unspecified atom stereocenters. The standard InChI is InChI=1S/C18H18NOS/c1-3-21-18-19(2)16(14-10-6-4-7-11-14)17(20-18)15-12-8-5-9-13-15/h4-13H,3H2,1-2H3/q+1. The van der Waals surface area contributed by atoms with Crippen molar-refractivity contribution in [3.05, 3.63) is 60.7 Å². The molecule has 3 rings (SSSR count). The summed E-state index contributed by atoms with van der Waals surface area (Å²) in [5.74, 6) is 1.92. The van der Waals surface area contributed by atoms with Crippen molar-refractivity contribution in [1.29, 1.82) is 0 Å². The molecule has 0 bridgehead atoms. The summed E-state index contributed by atoms with van der Waals surface area (Å²) in [6.07, 6.45) is 0. The average molecular weight is 296 g/mol. The van der Waals surface area contributed by atoms with E-state index < -0.39 is 0 Å². The second-order valence-corrected chi connectivity index (χ2v) is 5.99. The number of hydrogen-bond acceptors (Lipinski definition) is 2. The Hall–Kier alpha value is -2.00. The zero-order chi connectivity index (χ0) is 14.7. The van der Waals surface area contributed by atoms with E-state index in [0.29, 0.717) is 0 Å². The van der Waals surface area contributed by atoms with Crippen LogP contribution in [0, 0.1) is 0 Å². The predicted molar refractivity (Wildman–Crippen MR) is 87.2 cm³/mol. The summed E-state index contributed by atoms with van der Waals surface area (Å²) in [4.78, 5) is 0. The van der Waals surface area contributed by atoms with Crippen molar-refractivity contribution < 1.29 is 8.98 Å². The number of hydrogen-bond donors (Lipinski definition) is 0. The first-order valence-electron chi connectivity index (χ1n) is 7.07. The lowest BCUT2D eigenvalue weighted by atomic mass is 10.1. The fourth-order valence-corrected chi connectivity index (χ4v) is 3.08. The number of nitrogens with zero attached hydrogens (tertiary/aromatic N) is 1. The Balaban J connectivity index is 2.21. The van der Waals surface area contributed by atoms with Gasteiger partial charge in [-0.15, -0.1) is 0 Å². The van der Waals surface area contributed by atoms with E-state index in [1.54, 1.807) is 11.8 Å². The molecule has 0 N–H and O–H groups in total. The van der Waals surface area contributed by atoms with Crippen molar-refractivity contribution in [1.82, 2.24) is 0 Å². The van der Waals surface area contributed by atoms with Gasteiger partial charge in [-0.25, -0.2) is 0 Å². The summed E-state index contributed by atoms with van der Waals surface area (Å²) in [5.41, 5.74) is 3.40. The smallest absolute Gasteiger partial charge is 0.392 e. The molecule has 2 nitrogen and oxygen atoms in total. The van der Waals surface area contributed by atoms with Crippen LogP contribution in [0.2, 0.25) is 0 Å². The Labute approximate surface area is 129 Å². The molecule has 1 heterocycles. The molecule has 0 saturated carbocycles. The molecule has 0 aliphatic carbocycles. The second kappa shape index (κ2) is 6.19. The minimum absolute atomic E-state index is 0.931. The molecule has 0 spiro atoms. The van der Waals surface area contributed by atoms with Crippen LogP contribution in [0.1, 0.15) is 6.92 Å².